The van der Waals surface area contributed by atoms with Gasteiger partial charge in [-0.1, -0.05) is 67.6 Å². The molecule has 0 aliphatic heterocycles. The third-order valence-electron chi connectivity index (χ3n) is 4.12. The van der Waals surface area contributed by atoms with E-state index in [9.17, 15) is 9.59 Å². The molecule has 2 rings (SSSR count). The van der Waals surface area contributed by atoms with Gasteiger partial charge in [-0.05, 0) is 24.1 Å². The van der Waals surface area contributed by atoms with Gasteiger partial charge in [-0.25, -0.2) is 0 Å². The average Bonchev–Trinajstić information content (AvgIpc) is 2.65. The number of amides is 1. The fraction of sp³-hybridized carbons (Fsp3) is 0.333. The predicted octanol–water partition coefficient (Wildman–Crippen LogP) is 3.08. The van der Waals surface area contributed by atoms with E-state index in [2.05, 4.69) is 5.32 Å². The summed E-state index contributed by atoms with van der Waals surface area (Å²) < 4.78 is 0. The van der Waals surface area contributed by atoms with Crippen LogP contribution in [0.3, 0.4) is 0 Å². The van der Waals surface area contributed by atoms with Crippen molar-refractivity contribution >= 4 is 11.9 Å². The molecule has 1 amide bonds. The summed E-state index contributed by atoms with van der Waals surface area (Å²) in [6, 6.07) is 19.4. The molecule has 0 aromatic heterocycles. The minimum atomic E-state index is -0.870. The first kappa shape index (κ1) is 19.7. The Balaban J connectivity index is 2.03. The van der Waals surface area contributed by atoms with E-state index >= 15 is 0 Å². The van der Waals surface area contributed by atoms with Crippen LogP contribution in [-0.2, 0) is 9.59 Å². The van der Waals surface area contributed by atoms with E-state index < -0.39 is 5.97 Å². The highest BCUT2D eigenvalue weighted by Gasteiger charge is 2.17. The lowest BCUT2D eigenvalue weighted by Gasteiger charge is -2.22. The first-order valence-electron chi connectivity index (χ1n) is 8.93. The van der Waals surface area contributed by atoms with Crippen molar-refractivity contribution in [3.8, 4) is 0 Å². The molecule has 0 fully saturated rings. The zero-order valence-electron chi connectivity index (χ0n) is 15.1. The molecule has 0 bridgehead atoms. The SMILES string of the molecule is CCCN(CCC(=O)NC(c1ccccc1)c1ccccc1)CC(=O)O. The Morgan fingerprint density at radius 3 is 1.96 bits per heavy atom. The van der Waals surface area contributed by atoms with E-state index in [1.807, 2.05) is 67.6 Å². The summed E-state index contributed by atoms with van der Waals surface area (Å²) in [5, 5.41) is 12.1. The van der Waals surface area contributed by atoms with Gasteiger partial charge in [-0.15, -0.1) is 0 Å². The van der Waals surface area contributed by atoms with Gasteiger partial charge in [0.1, 0.15) is 0 Å². The Labute approximate surface area is 154 Å². The van der Waals surface area contributed by atoms with Gasteiger partial charge >= 0.3 is 5.97 Å². The number of carbonyl (C=O) groups is 2. The fourth-order valence-corrected chi connectivity index (χ4v) is 2.92. The zero-order valence-corrected chi connectivity index (χ0v) is 15.1. The van der Waals surface area contributed by atoms with Crippen LogP contribution in [0.25, 0.3) is 0 Å². The summed E-state index contributed by atoms with van der Waals surface area (Å²) in [6.07, 6.45) is 1.12. The first-order valence-corrected chi connectivity index (χ1v) is 8.93. The summed E-state index contributed by atoms with van der Waals surface area (Å²) >= 11 is 0. The molecule has 0 heterocycles. The lowest BCUT2D eigenvalue weighted by atomic mass is 9.98. The number of carbonyl (C=O) groups excluding carboxylic acids is 1. The maximum absolute atomic E-state index is 12.5. The van der Waals surface area contributed by atoms with E-state index in [4.69, 9.17) is 5.11 Å². The molecular formula is C21H26N2O3. The smallest absolute Gasteiger partial charge is 0.317 e. The average molecular weight is 354 g/mol. The van der Waals surface area contributed by atoms with Crippen molar-refractivity contribution in [2.45, 2.75) is 25.8 Å². The van der Waals surface area contributed by atoms with E-state index in [-0.39, 0.29) is 24.9 Å². The molecule has 0 spiro atoms. The van der Waals surface area contributed by atoms with Crippen LogP contribution in [0.4, 0.5) is 0 Å². The van der Waals surface area contributed by atoms with Gasteiger partial charge in [0.25, 0.3) is 0 Å². The normalized spacial score (nSPS) is 10.9. The van der Waals surface area contributed by atoms with Gasteiger partial charge < -0.3 is 10.4 Å². The number of hydrogen-bond donors (Lipinski definition) is 2. The van der Waals surface area contributed by atoms with Crippen LogP contribution >= 0.6 is 0 Å². The summed E-state index contributed by atoms with van der Waals surface area (Å²) in [5.41, 5.74) is 2.03. The number of aliphatic carboxylic acids is 1. The molecule has 2 aromatic rings. The molecule has 0 aliphatic rings. The summed E-state index contributed by atoms with van der Waals surface area (Å²) in [4.78, 5) is 25.2. The minimum Gasteiger partial charge on any atom is -0.480 e. The van der Waals surface area contributed by atoms with Crippen molar-refractivity contribution in [2.24, 2.45) is 0 Å². The molecule has 0 unspecified atom stereocenters. The largest absolute Gasteiger partial charge is 0.480 e. The molecule has 0 atom stereocenters. The Kier molecular flexibility index (Phi) is 7.83. The Morgan fingerprint density at radius 1 is 0.962 bits per heavy atom. The zero-order chi connectivity index (χ0) is 18.8. The summed E-state index contributed by atoms with van der Waals surface area (Å²) in [5.74, 6) is -0.959. The molecule has 0 saturated carbocycles. The van der Waals surface area contributed by atoms with Gasteiger partial charge in [0.05, 0.1) is 12.6 Å². The van der Waals surface area contributed by atoms with Crippen molar-refractivity contribution in [3.63, 3.8) is 0 Å². The molecule has 0 radical (unpaired) electrons. The maximum atomic E-state index is 12.5. The minimum absolute atomic E-state index is 0.0398. The van der Waals surface area contributed by atoms with Gasteiger partial charge in [-0.2, -0.15) is 0 Å². The second-order valence-corrected chi connectivity index (χ2v) is 6.24. The molecule has 5 heteroatoms. The van der Waals surface area contributed by atoms with E-state index in [0.29, 0.717) is 13.1 Å². The quantitative estimate of drug-likeness (QED) is 0.688. The molecule has 0 saturated heterocycles. The van der Waals surface area contributed by atoms with Gasteiger partial charge in [-0.3, -0.25) is 14.5 Å². The second kappa shape index (κ2) is 10.4. The Morgan fingerprint density at radius 2 is 1.50 bits per heavy atom. The first-order chi connectivity index (χ1) is 12.6. The maximum Gasteiger partial charge on any atom is 0.317 e. The van der Waals surface area contributed by atoms with Crippen molar-refractivity contribution in [2.75, 3.05) is 19.6 Å². The third-order valence-corrected chi connectivity index (χ3v) is 4.12. The monoisotopic (exact) mass is 354 g/mol. The van der Waals surface area contributed by atoms with Crippen LogP contribution in [-0.4, -0.2) is 41.5 Å². The van der Waals surface area contributed by atoms with Crippen LogP contribution in [0.1, 0.15) is 36.9 Å². The van der Waals surface area contributed by atoms with E-state index in [1.54, 1.807) is 4.90 Å². The molecule has 26 heavy (non-hydrogen) atoms. The standard InChI is InChI=1S/C21H26N2O3/c1-2-14-23(16-20(25)26)15-13-19(24)22-21(17-9-5-3-6-10-17)18-11-7-4-8-12-18/h3-12,21H,2,13-16H2,1H3,(H,22,24)(H,25,26). The lowest BCUT2D eigenvalue weighted by Crippen LogP contribution is -2.36. The third kappa shape index (κ3) is 6.33. The number of hydrogen-bond acceptors (Lipinski definition) is 3. The van der Waals surface area contributed by atoms with Crippen molar-refractivity contribution in [3.05, 3.63) is 71.8 Å². The topological polar surface area (TPSA) is 69.6 Å². The molecule has 2 aromatic carbocycles. The van der Waals surface area contributed by atoms with Gasteiger partial charge in [0.15, 0.2) is 0 Å². The van der Waals surface area contributed by atoms with Crippen LogP contribution in [0.15, 0.2) is 60.7 Å². The predicted molar refractivity (Wildman–Crippen MR) is 102 cm³/mol. The Bertz CT molecular complexity index is 649. The highest BCUT2D eigenvalue weighted by atomic mass is 16.4. The summed E-state index contributed by atoms with van der Waals surface area (Å²) in [6.45, 7) is 3.06. The highest BCUT2D eigenvalue weighted by molar-refractivity contribution is 5.77. The molecular weight excluding hydrogens is 328 g/mol. The summed E-state index contributed by atoms with van der Waals surface area (Å²) in [7, 11) is 0. The van der Waals surface area contributed by atoms with Crippen molar-refractivity contribution in [1.82, 2.24) is 10.2 Å². The number of carboxylic acids is 1. The highest BCUT2D eigenvalue weighted by Crippen LogP contribution is 2.21. The van der Waals surface area contributed by atoms with Gasteiger partial charge in [0.2, 0.25) is 5.91 Å². The Hall–Kier alpha value is -2.66. The number of carboxylic acid groups (broad SMARTS) is 1. The number of rotatable bonds is 10. The number of nitrogens with one attached hydrogen (secondary N) is 1. The molecule has 2 N–H and O–H groups in total. The second-order valence-electron chi connectivity index (χ2n) is 6.24. The van der Waals surface area contributed by atoms with Crippen molar-refractivity contribution < 1.29 is 14.7 Å². The molecule has 0 aliphatic carbocycles. The molecule has 138 valence electrons. The van der Waals surface area contributed by atoms with E-state index in [0.717, 1.165) is 17.5 Å². The van der Waals surface area contributed by atoms with Crippen LogP contribution in [0, 0.1) is 0 Å². The van der Waals surface area contributed by atoms with Crippen LogP contribution < -0.4 is 5.32 Å². The molecule has 5 nitrogen and oxygen atoms in total. The van der Waals surface area contributed by atoms with Crippen LogP contribution in [0.2, 0.25) is 0 Å². The fourth-order valence-electron chi connectivity index (χ4n) is 2.92. The van der Waals surface area contributed by atoms with Gasteiger partial charge in [0, 0.05) is 13.0 Å². The number of benzene rings is 2. The van der Waals surface area contributed by atoms with E-state index in [1.165, 1.54) is 0 Å². The lowest BCUT2D eigenvalue weighted by molar-refractivity contribution is -0.138. The van der Waals surface area contributed by atoms with Crippen molar-refractivity contribution in [1.29, 1.82) is 0 Å². The number of nitrogens with zero attached hydrogens (tertiary/aromatic N) is 1. The van der Waals surface area contributed by atoms with Crippen LogP contribution in [0.5, 0.6) is 0 Å².